The van der Waals surface area contributed by atoms with Gasteiger partial charge in [0.25, 0.3) is 0 Å². The fourth-order valence-electron chi connectivity index (χ4n) is 1.68. The number of hydrogen-bond acceptors (Lipinski definition) is 6. The Morgan fingerprint density at radius 3 is 1.18 bits per heavy atom. The summed E-state index contributed by atoms with van der Waals surface area (Å²) in [7, 11) is -3.85. The molecular weight excluding hydrogens is 434 g/mol. The van der Waals surface area contributed by atoms with Crippen molar-refractivity contribution in [1.29, 1.82) is 0 Å². The fourth-order valence-corrected chi connectivity index (χ4v) is 2.94. The molecule has 0 saturated heterocycles. The van der Waals surface area contributed by atoms with Gasteiger partial charge in [0.2, 0.25) is 9.84 Å². The number of hydrogen-bond donors (Lipinski definition) is 0. The maximum absolute atomic E-state index is 12.3. The van der Waals surface area contributed by atoms with Crippen molar-refractivity contribution >= 4 is 70.7 Å². The van der Waals surface area contributed by atoms with Crippen molar-refractivity contribution in [2.45, 2.75) is 9.79 Å². The molecule has 0 radical (unpaired) electrons. The summed E-state index contributed by atoms with van der Waals surface area (Å²) in [5.74, 6) is -2.81. The quantitative estimate of drug-likeness (QED) is 0.555. The number of aromatic carboxylic acids is 2. The Bertz CT molecular complexity index is 731. The molecule has 0 aliphatic rings. The molecule has 0 saturated carbocycles. The molecule has 0 fully saturated rings. The first-order chi connectivity index (χ1) is 9.82. The SMILES string of the molecule is O=C([O-])c1ccc(S(=O)(=O)c2ccc(C(=O)[O-])cc2)cc1.[Ba+2]. The van der Waals surface area contributed by atoms with Gasteiger partial charge in [0.15, 0.2) is 0 Å². The van der Waals surface area contributed by atoms with Crippen LogP contribution in [0, 0.1) is 0 Å². The molecule has 6 nitrogen and oxygen atoms in total. The number of sulfone groups is 1. The number of rotatable bonds is 4. The molecule has 2 rings (SSSR count). The average Bonchev–Trinajstić information content (AvgIpc) is 2.47. The normalized spacial score (nSPS) is 10.5. The van der Waals surface area contributed by atoms with Gasteiger partial charge in [0.1, 0.15) is 0 Å². The Morgan fingerprint density at radius 1 is 0.682 bits per heavy atom. The minimum atomic E-state index is -3.85. The predicted octanol–water partition coefficient (Wildman–Crippen LogP) is -1.13. The van der Waals surface area contributed by atoms with Crippen LogP contribution in [0.4, 0.5) is 0 Å². The average molecular weight is 442 g/mol. The topological polar surface area (TPSA) is 114 Å². The molecule has 0 bridgehead atoms. The first-order valence-electron chi connectivity index (χ1n) is 5.70. The zero-order chi connectivity index (χ0) is 15.6. The third-order valence-electron chi connectivity index (χ3n) is 2.80. The van der Waals surface area contributed by atoms with E-state index in [2.05, 4.69) is 0 Å². The van der Waals surface area contributed by atoms with Gasteiger partial charge < -0.3 is 19.8 Å². The van der Waals surface area contributed by atoms with Crippen LogP contribution in [0.1, 0.15) is 20.7 Å². The van der Waals surface area contributed by atoms with Crippen LogP contribution in [0.3, 0.4) is 0 Å². The predicted molar refractivity (Wildman–Crippen MR) is 72.8 cm³/mol. The molecule has 0 N–H and O–H groups in total. The summed E-state index contributed by atoms with van der Waals surface area (Å²) in [6.07, 6.45) is 0. The molecule has 8 heteroatoms. The Morgan fingerprint density at radius 2 is 0.955 bits per heavy atom. The van der Waals surface area contributed by atoms with Crippen LogP contribution < -0.4 is 10.2 Å². The largest absolute Gasteiger partial charge is 2.00 e. The number of carboxylic acid groups (broad SMARTS) is 2. The third kappa shape index (κ3) is 4.00. The molecule has 0 aliphatic carbocycles. The van der Waals surface area contributed by atoms with Crippen LogP contribution in [0.25, 0.3) is 0 Å². The van der Waals surface area contributed by atoms with Gasteiger partial charge in [0, 0.05) is 0 Å². The van der Waals surface area contributed by atoms with Gasteiger partial charge in [-0.05, 0) is 35.4 Å². The zero-order valence-corrected chi connectivity index (χ0v) is 16.4. The van der Waals surface area contributed by atoms with Crippen molar-refractivity contribution < 1.29 is 28.2 Å². The van der Waals surface area contributed by atoms with Crippen LogP contribution in [0.5, 0.6) is 0 Å². The van der Waals surface area contributed by atoms with Crippen molar-refractivity contribution in [3.8, 4) is 0 Å². The van der Waals surface area contributed by atoms with Gasteiger partial charge in [-0.15, -0.1) is 0 Å². The first-order valence-corrected chi connectivity index (χ1v) is 7.18. The van der Waals surface area contributed by atoms with Crippen LogP contribution in [-0.4, -0.2) is 69.2 Å². The van der Waals surface area contributed by atoms with E-state index in [9.17, 15) is 28.2 Å². The second-order valence-corrected chi connectivity index (χ2v) is 6.08. The van der Waals surface area contributed by atoms with E-state index in [1.165, 1.54) is 0 Å². The van der Waals surface area contributed by atoms with E-state index < -0.39 is 21.8 Å². The van der Waals surface area contributed by atoms with E-state index in [1.54, 1.807) is 0 Å². The summed E-state index contributed by atoms with van der Waals surface area (Å²) in [5.41, 5.74) is -0.275. The van der Waals surface area contributed by atoms with Crippen molar-refractivity contribution in [3.63, 3.8) is 0 Å². The Labute approximate surface area is 166 Å². The van der Waals surface area contributed by atoms with Crippen LogP contribution >= 0.6 is 0 Å². The van der Waals surface area contributed by atoms with E-state index in [1.807, 2.05) is 0 Å². The second kappa shape index (κ2) is 7.45. The van der Waals surface area contributed by atoms with E-state index in [-0.39, 0.29) is 69.8 Å². The number of carbonyl (C=O) groups excluding carboxylic acids is 2. The van der Waals surface area contributed by atoms with Gasteiger partial charge in [-0.2, -0.15) is 0 Å². The molecule has 0 heterocycles. The molecule has 0 spiro atoms. The Balaban J connectivity index is 0.00000242. The fraction of sp³-hybridized carbons (Fsp3) is 0. The van der Waals surface area contributed by atoms with Gasteiger partial charge in [-0.1, -0.05) is 24.3 Å². The Hall–Kier alpha value is -1.10. The molecule has 0 aliphatic heterocycles. The number of benzene rings is 2. The third-order valence-corrected chi connectivity index (χ3v) is 4.59. The molecule has 22 heavy (non-hydrogen) atoms. The number of carbonyl (C=O) groups is 2. The smallest absolute Gasteiger partial charge is 0.545 e. The van der Waals surface area contributed by atoms with Gasteiger partial charge in [-0.3, -0.25) is 0 Å². The maximum Gasteiger partial charge on any atom is 2.00 e. The summed E-state index contributed by atoms with van der Waals surface area (Å²) in [6, 6.07) is 9.07. The molecule has 0 atom stereocenters. The van der Waals surface area contributed by atoms with Gasteiger partial charge in [0.05, 0.1) is 21.7 Å². The number of carboxylic acids is 2. The van der Waals surface area contributed by atoms with Crippen LogP contribution in [0.2, 0.25) is 0 Å². The van der Waals surface area contributed by atoms with Gasteiger partial charge >= 0.3 is 48.9 Å². The summed E-state index contributed by atoms with van der Waals surface area (Å²) >= 11 is 0. The van der Waals surface area contributed by atoms with E-state index in [4.69, 9.17) is 0 Å². The van der Waals surface area contributed by atoms with Crippen molar-refractivity contribution in [2.24, 2.45) is 0 Å². The summed E-state index contributed by atoms with van der Waals surface area (Å²) in [4.78, 5) is 21.0. The minimum Gasteiger partial charge on any atom is -0.545 e. The van der Waals surface area contributed by atoms with E-state index in [0.717, 1.165) is 48.5 Å². The van der Waals surface area contributed by atoms with E-state index >= 15 is 0 Å². The molecular formula is C14H8BaO6S. The summed E-state index contributed by atoms with van der Waals surface area (Å²) in [6.45, 7) is 0. The van der Waals surface area contributed by atoms with Crippen LogP contribution in [0.15, 0.2) is 58.3 Å². The van der Waals surface area contributed by atoms with Crippen molar-refractivity contribution in [1.82, 2.24) is 0 Å². The molecule has 0 aromatic heterocycles. The molecule has 2 aromatic rings. The van der Waals surface area contributed by atoms with Crippen molar-refractivity contribution in [2.75, 3.05) is 0 Å². The standard InChI is InChI=1S/C14H10O6S.Ba/c15-13(16)9-1-5-11(6-2-9)21(19,20)12-7-3-10(4-8-12)14(17)18;/h1-8H,(H,15,16)(H,17,18);/q;+2/p-2. The molecule has 2 aromatic carbocycles. The summed E-state index contributed by atoms with van der Waals surface area (Å²) in [5, 5.41) is 21.2. The second-order valence-electron chi connectivity index (χ2n) is 4.13. The summed E-state index contributed by atoms with van der Waals surface area (Å²) < 4.78 is 24.5. The van der Waals surface area contributed by atoms with Gasteiger partial charge in [-0.25, -0.2) is 8.42 Å². The van der Waals surface area contributed by atoms with E-state index in [0.29, 0.717) is 0 Å². The molecule has 0 unspecified atom stereocenters. The minimum absolute atomic E-state index is 0. The zero-order valence-electron chi connectivity index (χ0n) is 11.2. The molecule has 0 amide bonds. The van der Waals surface area contributed by atoms with Crippen molar-refractivity contribution in [3.05, 3.63) is 59.7 Å². The van der Waals surface area contributed by atoms with Crippen LogP contribution in [-0.2, 0) is 9.84 Å². The first kappa shape index (κ1) is 18.9. The monoisotopic (exact) mass is 442 g/mol. The molecule has 108 valence electrons. The maximum atomic E-state index is 12.3. The Kier molecular flexibility index (Phi) is 6.41.